The van der Waals surface area contributed by atoms with Gasteiger partial charge in [0.2, 0.25) is 17.7 Å². The first-order valence-electron chi connectivity index (χ1n) is 14.0. The number of aliphatic hydroxyl groups is 1. The van der Waals surface area contributed by atoms with Gasteiger partial charge < -0.3 is 19.8 Å². The lowest BCUT2D eigenvalue weighted by molar-refractivity contribution is -0.148. The lowest BCUT2D eigenvalue weighted by atomic mass is 9.65. The Morgan fingerprint density at radius 3 is 2.38 bits per heavy atom. The zero-order chi connectivity index (χ0) is 27.1. The van der Waals surface area contributed by atoms with Crippen molar-refractivity contribution in [3.63, 3.8) is 0 Å². The lowest BCUT2D eigenvalue weighted by Gasteiger charge is -2.44. The Kier molecular flexibility index (Phi) is 8.49. The van der Waals surface area contributed by atoms with Gasteiger partial charge in [0.25, 0.3) is 0 Å². The van der Waals surface area contributed by atoms with Crippen molar-refractivity contribution in [1.29, 1.82) is 0 Å². The normalized spacial score (nSPS) is 33.9. The zero-order valence-corrected chi connectivity index (χ0v) is 23.8. The van der Waals surface area contributed by atoms with Crippen molar-refractivity contribution < 1.29 is 19.5 Å². The number of likely N-dealkylation sites (tertiary alicyclic amines) is 1. The summed E-state index contributed by atoms with van der Waals surface area (Å²) in [5.41, 5.74) is 0. The Balaban J connectivity index is 1.82. The second-order valence-electron chi connectivity index (χ2n) is 11.9. The van der Waals surface area contributed by atoms with Crippen LogP contribution < -0.4 is 0 Å². The minimum atomic E-state index is -0.695. The molecule has 0 aromatic rings. The summed E-state index contributed by atoms with van der Waals surface area (Å²) in [5, 5.41) is 10.5. The Bertz CT molecular complexity index is 919. The highest BCUT2D eigenvalue weighted by Gasteiger charge is 2.77. The average molecular weight is 532 g/mol. The van der Waals surface area contributed by atoms with Gasteiger partial charge >= 0.3 is 0 Å². The first-order valence-corrected chi connectivity index (χ1v) is 14.9. The summed E-state index contributed by atoms with van der Waals surface area (Å²) in [6, 6.07) is -1.04. The Morgan fingerprint density at radius 1 is 1.16 bits per heavy atom. The van der Waals surface area contributed by atoms with E-state index in [0.717, 1.165) is 32.1 Å². The molecule has 3 unspecified atom stereocenters. The van der Waals surface area contributed by atoms with Crippen LogP contribution in [0.5, 0.6) is 0 Å². The first kappa shape index (κ1) is 28.2. The van der Waals surface area contributed by atoms with E-state index in [1.807, 2.05) is 18.7 Å². The molecule has 1 N–H and O–H groups in total. The van der Waals surface area contributed by atoms with Crippen LogP contribution in [0.25, 0.3) is 0 Å². The summed E-state index contributed by atoms with van der Waals surface area (Å²) in [6.07, 6.45) is 9.59. The van der Waals surface area contributed by atoms with Gasteiger partial charge in [0.15, 0.2) is 0 Å². The van der Waals surface area contributed by atoms with Gasteiger partial charge in [0, 0.05) is 31.4 Å². The van der Waals surface area contributed by atoms with E-state index >= 15 is 0 Å². The number of carbonyl (C=O) groups excluding carboxylic acids is 3. The molecule has 1 saturated carbocycles. The van der Waals surface area contributed by atoms with Gasteiger partial charge in [0.05, 0.1) is 29.2 Å². The maximum Gasteiger partial charge on any atom is 0.247 e. The third kappa shape index (κ3) is 4.46. The molecule has 37 heavy (non-hydrogen) atoms. The van der Waals surface area contributed by atoms with E-state index in [1.165, 1.54) is 6.42 Å². The van der Waals surface area contributed by atoms with Gasteiger partial charge in [-0.2, -0.15) is 0 Å². The van der Waals surface area contributed by atoms with E-state index in [-0.39, 0.29) is 47.5 Å². The van der Waals surface area contributed by atoms with Crippen molar-refractivity contribution in [2.24, 2.45) is 23.7 Å². The van der Waals surface area contributed by atoms with E-state index < -0.39 is 28.7 Å². The summed E-state index contributed by atoms with van der Waals surface area (Å²) in [5.74, 6) is -1.17. The largest absolute Gasteiger partial charge is 0.394 e. The number of rotatable bonds is 10. The molecule has 7 nitrogen and oxygen atoms in total. The summed E-state index contributed by atoms with van der Waals surface area (Å²) in [6.45, 7) is 14.5. The molecule has 2 bridgehead atoms. The van der Waals surface area contributed by atoms with E-state index in [0.29, 0.717) is 13.1 Å². The van der Waals surface area contributed by atoms with Crippen molar-refractivity contribution in [2.75, 3.05) is 26.7 Å². The molecule has 7 atom stereocenters. The van der Waals surface area contributed by atoms with Crippen molar-refractivity contribution in [1.82, 2.24) is 14.7 Å². The minimum Gasteiger partial charge on any atom is -0.394 e. The molecule has 4 rings (SSSR count). The van der Waals surface area contributed by atoms with Gasteiger partial charge in [-0.25, -0.2) is 0 Å². The van der Waals surface area contributed by atoms with Crippen LogP contribution in [-0.4, -0.2) is 92.4 Å². The minimum absolute atomic E-state index is 0.00956. The van der Waals surface area contributed by atoms with Crippen LogP contribution in [0.3, 0.4) is 0 Å². The fraction of sp³-hybridized carbons (Fsp3) is 0.759. The highest BCUT2D eigenvalue weighted by atomic mass is 32.2. The van der Waals surface area contributed by atoms with Crippen LogP contribution in [0.1, 0.15) is 59.3 Å². The van der Waals surface area contributed by atoms with Crippen LogP contribution >= 0.6 is 11.8 Å². The zero-order valence-electron chi connectivity index (χ0n) is 23.0. The molecule has 0 radical (unpaired) electrons. The van der Waals surface area contributed by atoms with Gasteiger partial charge in [-0.3, -0.25) is 14.4 Å². The topological polar surface area (TPSA) is 81.2 Å². The van der Waals surface area contributed by atoms with Crippen LogP contribution in [0.4, 0.5) is 0 Å². The molecule has 1 aliphatic carbocycles. The van der Waals surface area contributed by atoms with E-state index in [2.05, 4.69) is 20.1 Å². The predicted octanol–water partition coefficient (Wildman–Crippen LogP) is 3.33. The quantitative estimate of drug-likeness (QED) is 0.438. The highest BCUT2D eigenvalue weighted by molar-refractivity contribution is 8.02. The molecule has 1 spiro atoms. The Hall–Kier alpha value is -1.80. The number of hydrogen-bond donors (Lipinski definition) is 1. The smallest absolute Gasteiger partial charge is 0.247 e. The number of fused-ring (bicyclic) bond motifs is 1. The number of amides is 3. The van der Waals surface area contributed by atoms with Crippen molar-refractivity contribution in [3.8, 4) is 0 Å². The molecule has 4 aliphatic rings. The average Bonchev–Trinajstić information content (AvgIpc) is 3.47. The number of nitrogens with zero attached hydrogens (tertiary/aromatic N) is 3. The molecule has 0 aromatic heterocycles. The van der Waals surface area contributed by atoms with E-state index in [1.54, 1.807) is 40.8 Å². The summed E-state index contributed by atoms with van der Waals surface area (Å²) in [4.78, 5) is 48.1. The molecule has 0 aromatic carbocycles. The molecule has 3 heterocycles. The molecule has 8 heteroatoms. The number of aliphatic hydroxyl groups excluding tert-OH is 1. The first-order chi connectivity index (χ1) is 17.6. The second kappa shape index (κ2) is 11.1. The monoisotopic (exact) mass is 531 g/mol. The number of hydrogen-bond acceptors (Lipinski definition) is 5. The number of likely N-dealkylation sites (N-methyl/N-ethyl adjacent to an activating group) is 1. The number of carbonyl (C=O) groups is 3. The molecule has 206 valence electrons. The van der Waals surface area contributed by atoms with E-state index in [9.17, 15) is 19.5 Å². The van der Waals surface area contributed by atoms with E-state index in [4.69, 9.17) is 0 Å². The summed E-state index contributed by atoms with van der Waals surface area (Å²) in [7, 11) is 1.76. The van der Waals surface area contributed by atoms with Crippen LogP contribution in [0, 0.1) is 23.7 Å². The SMILES string of the molecule is C=CCN(C)C(=O)[C@@H]1[C@H]2C(=O)N([C@@H](CO)C(C)C)C(C(=O)N(CC=C)C3CCCCC3)C23S[C@@H]1CC3C. The molecule has 3 aliphatic heterocycles. The predicted molar refractivity (Wildman–Crippen MR) is 148 cm³/mol. The maximum atomic E-state index is 14.7. The maximum absolute atomic E-state index is 14.7. The standard InChI is InChI=1S/C29H45N3O4S/c1-7-14-30(6)26(34)23-22-16-19(5)29(37-22)24(23)27(35)32(21(17-33)18(3)4)25(29)28(36)31(15-8-2)20-12-10-9-11-13-20/h7-8,18-25,33H,1-2,9-17H2,3-6H3/t19?,21-,22+,23-,24-,25?,29?/m0/s1. The fourth-order valence-corrected chi connectivity index (χ4v) is 10.0. The van der Waals surface area contributed by atoms with Gasteiger partial charge in [-0.05, 0) is 31.1 Å². The van der Waals surface area contributed by atoms with Gasteiger partial charge in [-0.1, -0.05) is 52.2 Å². The van der Waals surface area contributed by atoms with Gasteiger partial charge in [0.1, 0.15) is 6.04 Å². The third-order valence-corrected chi connectivity index (χ3v) is 11.5. The van der Waals surface area contributed by atoms with Crippen LogP contribution in [-0.2, 0) is 14.4 Å². The van der Waals surface area contributed by atoms with Crippen molar-refractivity contribution >= 4 is 29.5 Å². The molecule has 3 saturated heterocycles. The van der Waals surface area contributed by atoms with Gasteiger partial charge in [-0.15, -0.1) is 24.9 Å². The highest BCUT2D eigenvalue weighted by Crippen LogP contribution is 2.69. The molecular formula is C29H45N3O4S. The Labute approximate surface area is 226 Å². The third-order valence-electron chi connectivity index (χ3n) is 9.42. The Morgan fingerprint density at radius 2 is 1.81 bits per heavy atom. The van der Waals surface area contributed by atoms with Crippen molar-refractivity contribution in [3.05, 3.63) is 25.3 Å². The second-order valence-corrected chi connectivity index (χ2v) is 13.4. The summed E-state index contributed by atoms with van der Waals surface area (Å²) < 4.78 is -0.676. The molecular weight excluding hydrogens is 486 g/mol. The lowest BCUT2D eigenvalue weighted by Crippen LogP contribution is -2.61. The molecule has 3 amide bonds. The fourth-order valence-electron chi connectivity index (χ4n) is 7.64. The number of thioether (sulfide) groups is 1. The van der Waals surface area contributed by atoms with Crippen molar-refractivity contribution in [2.45, 2.75) is 87.4 Å². The van der Waals surface area contributed by atoms with Crippen LogP contribution in [0.15, 0.2) is 25.3 Å². The molecule has 4 fully saturated rings. The summed E-state index contributed by atoms with van der Waals surface area (Å²) >= 11 is 1.70. The van der Waals surface area contributed by atoms with Crippen LogP contribution in [0.2, 0.25) is 0 Å².